The summed E-state index contributed by atoms with van der Waals surface area (Å²) in [7, 11) is 0. The lowest BCUT2D eigenvalue weighted by Crippen LogP contribution is -2.53. The molecule has 0 spiro atoms. The van der Waals surface area contributed by atoms with Crippen LogP contribution < -0.4 is 11.1 Å². The summed E-state index contributed by atoms with van der Waals surface area (Å²) in [5.41, 5.74) is 5.30. The number of hydrogen-bond donors (Lipinski definition) is 2. The van der Waals surface area contributed by atoms with Crippen LogP contribution >= 0.6 is 0 Å². The van der Waals surface area contributed by atoms with E-state index in [1.165, 1.54) is 12.8 Å². The van der Waals surface area contributed by atoms with Crippen LogP contribution in [0.15, 0.2) is 16.5 Å². The number of carbonyl (C=O) groups is 1. The summed E-state index contributed by atoms with van der Waals surface area (Å²) in [6.45, 7) is 8.43. The van der Waals surface area contributed by atoms with Gasteiger partial charge in [0.2, 0.25) is 5.91 Å². The summed E-state index contributed by atoms with van der Waals surface area (Å²) < 4.78 is 5.80. The molecule has 1 fully saturated rings. The Morgan fingerprint density at radius 2 is 2.14 bits per heavy atom. The molecule has 22 heavy (non-hydrogen) atoms. The van der Waals surface area contributed by atoms with Gasteiger partial charge in [-0.3, -0.25) is 9.69 Å². The zero-order chi connectivity index (χ0) is 16.2. The van der Waals surface area contributed by atoms with Gasteiger partial charge < -0.3 is 15.5 Å². The zero-order valence-electron chi connectivity index (χ0n) is 14.0. The van der Waals surface area contributed by atoms with E-state index in [0.717, 1.165) is 31.0 Å². The highest BCUT2D eigenvalue weighted by Gasteiger charge is 2.30. The first-order chi connectivity index (χ1) is 10.4. The molecule has 0 radical (unpaired) electrons. The number of carbonyl (C=O) groups excluding carboxylic acids is 1. The van der Waals surface area contributed by atoms with Crippen molar-refractivity contribution < 1.29 is 9.21 Å². The maximum absolute atomic E-state index is 12.3. The molecule has 0 aromatic carbocycles. The quantitative estimate of drug-likeness (QED) is 0.811. The highest BCUT2D eigenvalue weighted by Crippen LogP contribution is 2.26. The van der Waals surface area contributed by atoms with Crippen molar-refractivity contribution in [2.24, 2.45) is 5.73 Å². The van der Waals surface area contributed by atoms with E-state index in [1.807, 2.05) is 26.0 Å². The summed E-state index contributed by atoms with van der Waals surface area (Å²) in [6, 6.07) is 4.08. The number of aryl methyl sites for hydroxylation is 1. The normalized spacial score (nSPS) is 19.8. The van der Waals surface area contributed by atoms with Gasteiger partial charge in [-0.15, -0.1) is 0 Å². The Morgan fingerprint density at radius 3 is 2.68 bits per heavy atom. The summed E-state index contributed by atoms with van der Waals surface area (Å²) in [5, 5.41) is 3.03. The van der Waals surface area contributed by atoms with Crippen LogP contribution in [0.1, 0.15) is 57.1 Å². The molecule has 5 heteroatoms. The maximum Gasteiger partial charge on any atom is 0.239 e. The van der Waals surface area contributed by atoms with Crippen LogP contribution in [0.25, 0.3) is 0 Å². The number of nitrogens with one attached hydrogen (secondary N) is 1. The van der Waals surface area contributed by atoms with Crippen molar-refractivity contribution in [1.82, 2.24) is 10.2 Å². The summed E-state index contributed by atoms with van der Waals surface area (Å²) in [4.78, 5) is 14.7. The Labute approximate surface area is 133 Å². The summed E-state index contributed by atoms with van der Waals surface area (Å²) >= 11 is 0. The van der Waals surface area contributed by atoms with E-state index >= 15 is 0 Å². The molecule has 3 N–H and O–H groups in total. The van der Waals surface area contributed by atoms with E-state index in [-0.39, 0.29) is 11.9 Å². The SMILES string of the molecule is CCCC(C)(N)C(=O)NCC(c1ccc(C)o1)N1CCCC1. The van der Waals surface area contributed by atoms with Crippen LogP contribution in [0.5, 0.6) is 0 Å². The Hall–Kier alpha value is -1.33. The van der Waals surface area contributed by atoms with Crippen LogP contribution in [0.4, 0.5) is 0 Å². The number of nitrogens with zero attached hydrogens (tertiary/aromatic N) is 1. The molecule has 1 aliphatic rings. The van der Waals surface area contributed by atoms with Crippen molar-refractivity contribution in [2.45, 2.75) is 58.0 Å². The fourth-order valence-electron chi connectivity index (χ4n) is 3.12. The second-order valence-corrected chi connectivity index (χ2v) is 6.58. The molecule has 2 unspecified atom stereocenters. The first kappa shape index (κ1) is 17.0. The maximum atomic E-state index is 12.3. The number of hydrogen-bond acceptors (Lipinski definition) is 4. The van der Waals surface area contributed by atoms with Crippen LogP contribution in [-0.2, 0) is 4.79 Å². The van der Waals surface area contributed by atoms with Crippen molar-refractivity contribution in [1.29, 1.82) is 0 Å². The van der Waals surface area contributed by atoms with E-state index in [4.69, 9.17) is 10.2 Å². The zero-order valence-corrected chi connectivity index (χ0v) is 14.0. The molecule has 5 nitrogen and oxygen atoms in total. The van der Waals surface area contributed by atoms with Gasteiger partial charge in [-0.05, 0) is 58.3 Å². The average Bonchev–Trinajstić information content (AvgIpc) is 3.11. The van der Waals surface area contributed by atoms with Crippen molar-refractivity contribution in [3.63, 3.8) is 0 Å². The Kier molecular flexibility index (Phi) is 5.64. The van der Waals surface area contributed by atoms with Crippen molar-refractivity contribution in [2.75, 3.05) is 19.6 Å². The molecule has 2 heterocycles. The molecule has 2 rings (SSSR count). The molecule has 0 bridgehead atoms. The number of amides is 1. The van der Waals surface area contributed by atoms with E-state index < -0.39 is 5.54 Å². The van der Waals surface area contributed by atoms with Gasteiger partial charge in [-0.1, -0.05) is 13.3 Å². The van der Waals surface area contributed by atoms with Gasteiger partial charge in [0.25, 0.3) is 0 Å². The highest BCUT2D eigenvalue weighted by atomic mass is 16.3. The second-order valence-electron chi connectivity index (χ2n) is 6.58. The number of furan rings is 1. The summed E-state index contributed by atoms with van der Waals surface area (Å²) in [5.74, 6) is 1.75. The largest absolute Gasteiger partial charge is 0.465 e. The lowest BCUT2D eigenvalue weighted by atomic mass is 9.96. The molecule has 0 aliphatic carbocycles. The van der Waals surface area contributed by atoms with Gasteiger partial charge in [0, 0.05) is 6.54 Å². The van der Waals surface area contributed by atoms with Crippen molar-refractivity contribution in [3.05, 3.63) is 23.7 Å². The van der Waals surface area contributed by atoms with E-state index in [9.17, 15) is 4.79 Å². The van der Waals surface area contributed by atoms with Gasteiger partial charge in [0.05, 0.1) is 11.6 Å². The summed E-state index contributed by atoms with van der Waals surface area (Å²) in [6.07, 6.45) is 3.99. The Morgan fingerprint density at radius 1 is 1.45 bits per heavy atom. The van der Waals surface area contributed by atoms with Crippen LogP contribution in [0.2, 0.25) is 0 Å². The fourth-order valence-corrected chi connectivity index (χ4v) is 3.12. The smallest absolute Gasteiger partial charge is 0.239 e. The Bertz CT molecular complexity index is 490. The number of rotatable bonds is 7. The van der Waals surface area contributed by atoms with Gasteiger partial charge in [-0.2, -0.15) is 0 Å². The molecule has 2 atom stereocenters. The minimum absolute atomic E-state index is 0.0816. The van der Waals surface area contributed by atoms with Gasteiger partial charge in [0.15, 0.2) is 0 Å². The molecule has 0 saturated carbocycles. The standard InChI is InChI=1S/C17H29N3O2/c1-4-9-17(3,18)16(21)19-12-14(20-10-5-6-11-20)15-8-7-13(2)22-15/h7-8,14H,4-6,9-12,18H2,1-3H3,(H,19,21). The van der Waals surface area contributed by atoms with Gasteiger partial charge in [-0.25, -0.2) is 0 Å². The molecule has 1 saturated heterocycles. The first-order valence-electron chi connectivity index (χ1n) is 8.31. The van der Waals surface area contributed by atoms with E-state index in [1.54, 1.807) is 6.92 Å². The van der Waals surface area contributed by atoms with E-state index in [2.05, 4.69) is 10.2 Å². The van der Waals surface area contributed by atoms with Gasteiger partial charge >= 0.3 is 0 Å². The first-order valence-corrected chi connectivity index (χ1v) is 8.31. The van der Waals surface area contributed by atoms with E-state index in [0.29, 0.717) is 13.0 Å². The minimum atomic E-state index is -0.802. The molecule has 1 aliphatic heterocycles. The van der Waals surface area contributed by atoms with Gasteiger partial charge in [0.1, 0.15) is 11.5 Å². The molecule has 1 aromatic rings. The van der Waals surface area contributed by atoms with Crippen molar-refractivity contribution >= 4 is 5.91 Å². The minimum Gasteiger partial charge on any atom is -0.465 e. The predicted octanol–water partition coefficient (Wildman–Crippen LogP) is 2.36. The molecule has 1 amide bonds. The predicted molar refractivity (Wildman–Crippen MR) is 87.5 cm³/mol. The second kappa shape index (κ2) is 7.29. The van der Waals surface area contributed by atoms with Crippen molar-refractivity contribution in [3.8, 4) is 0 Å². The third-order valence-electron chi connectivity index (χ3n) is 4.42. The number of nitrogens with two attached hydrogens (primary N) is 1. The van der Waals surface area contributed by atoms with Crippen LogP contribution in [-0.4, -0.2) is 36.0 Å². The Balaban J connectivity index is 2.02. The fraction of sp³-hybridized carbons (Fsp3) is 0.706. The molecule has 1 aromatic heterocycles. The monoisotopic (exact) mass is 307 g/mol. The average molecular weight is 307 g/mol. The highest BCUT2D eigenvalue weighted by molar-refractivity contribution is 5.85. The molecule has 124 valence electrons. The van der Waals surface area contributed by atoms with Crippen LogP contribution in [0.3, 0.4) is 0 Å². The lowest BCUT2D eigenvalue weighted by Gasteiger charge is -2.28. The third kappa shape index (κ3) is 4.11. The molecular weight excluding hydrogens is 278 g/mol. The molecular formula is C17H29N3O2. The number of likely N-dealkylation sites (tertiary alicyclic amines) is 1. The van der Waals surface area contributed by atoms with Crippen LogP contribution in [0, 0.1) is 6.92 Å². The topological polar surface area (TPSA) is 71.5 Å². The lowest BCUT2D eigenvalue weighted by molar-refractivity contribution is -0.126. The third-order valence-corrected chi connectivity index (χ3v) is 4.42.